The Morgan fingerprint density at radius 3 is 2.29 bits per heavy atom. The second kappa shape index (κ2) is 17.2. The number of thiazole rings is 1. The smallest absolute Gasteiger partial charge is 0.407 e. The van der Waals surface area contributed by atoms with E-state index in [9.17, 15) is 19.2 Å². The van der Waals surface area contributed by atoms with E-state index in [2.05, 4.69) is 20.6 Å². The minimum absolute atomic E-state index is 0.0771. The Morgan fingerprint density at radius 2 is 1.59 bits per heavy atom. The van der Waals surface area contributed by atoms with Crippen molar-refractivity contribution in [2.24, 2.45) is 11.8 Å². The van der Waals surface area contributed by atoms with Crippen LogP contribution in [0, 0.1) is 17.7 Å². The molecule has 4 aromatic heterocycles. The predicted octanol–water partition coefficient (Wildman–Crippen LogP) is 8.68. The average Bonchev–Trinajstić information content (AvgIpc) is 3.81. The van der Waals surface area contributed by atoms with Gasteiger partial charge >= 0.3 is 12.2 Å². The first-order valence-corrected chi connectivity index (χ1v) is 24.6. The zero-order chi connectivity index (χ0) is 48.9. The zero-order valence-corrected chi connectivity index (χ0v) is 40.4. The normalized spacial score (nSPS) is 22.3. The number of methoxy groups -OCH3 is 2. The van der Waals surface area contributed by atoms with Crippen LogP contribution in [0.15, 0.2) is 55.0 Å². The highest BCUT2D eigenvalue weighted by Gasteiger charge is 2.57. The van der Waals surface area contributed by atoms with Crippen LogP contribution in [0.1, 0.15) is 112 Å². The minimum Gasteiger partial charge on any atom is -0.464 e. The number of alkyl carbamates (subject to hydrolysis) is 2. The maximum atomic E-state index is 16.9. The number of nitrogens with one attached hydrogen (secondary N) is 4. The largest absolute Gasteiger partial charge is 0.464 e. The van der Waals surface area contributed by atoms with Crippen molar-refractivity contribution in [3.63, 3.8) is 0 Å². The van der Waals surface area contributed by atoms with E-state index in [1.807, 2.05) is 54.9 Å². The van der Waals surface area contributed by atoms with Crippen molar-refractivity contribution in [3.8, 4) is 39.5 Å². The molecule has 70 heavy (non-hydrogen) atoms. The first-order chi connectivity index (χ1) is 33.6. The van der Waals surface area contributed by atoms with Gasteiger partial charge in [0, 0.05) is 41.2 Å². The van der Waals surface area contributed by atoms with Gasteiger partial charge in [-0.15, -0.1) is 11.3 Å². The lowest BCUT2D eigenvalue weighted by molar-refractivity contribution is -0.139. The summed E-state index contributed by atoms with van der Waals surface area (Å²) >= 11 is 1.60. The van der Waals surface area contributed by atoms with Crippen LogP contribution in [-0.2, 0) is 19.1 Å². The third-order valence-corrected chi connectivity index (χ3v) is 15.6. The van der Waals surface area contributed by atoms with Gasteiger partial charge in [0.15, 0.2) is 0 Å². The fraction of sp³-hybridized carbons (Fsp3) is 0.460. The molecule has 11 rings (SSSR count). The molecule has 6 aromatic rings. The molecule has 366 valence electrons. The Balaban J connectivity index is 0.909. The molecule has 2 saturated carbocycles. The number of halogens is 2. The number of hydrogen-bond acceptors (Lipinski definition) is 11. The van der Waals surface area contributed by atoms with Crippen LogP contribution in [0.3, 0.4) is 0 Å². The van der Waals surface area contributed by atoms with Crippen LogP contribution >= 0.6 is 11.3 Å². The highest BCUT2D eigenvalue weighted by Crippen LogP contribution is 2.54. The second-order valence-electron chi connectivity index (χ2n) is 20.0. The molecule has 4 fully saturated rings. The van der Waals surface area contributed by atoms with E-state index in [0.29, 0.717) is 70.9 Å². The molecular weight excluding hydrogens is 923 g/mol. The maximum absolute atomic E-state index is 16.9. The molecule has 2 saturated heterocycles. The van der Waals surface area contributed by atoms with Gasteiger partial charge in [-0.3, -0.25) is 14.2 Å². The topological polar surface area (TPSA) is 202 Å². The second-order valence-corrected chi connectivity index (χ2v) is 21.0. The number of piperidine rings is 1. The molecule has 20 heteroatoms. The van der Waals surface area contributed by atoms with E-state index in [0.717, 1.165) is 52.0 Å². The number of ether oxygens (including phenoxy) is 3. The third kappa shape index (κ3) is 8.02. The molecule has 5 aliphatic rings. The summed E-state index contributed by atoms with van der Waals surface area (Å²) < 4.78 is 50.8. The van der Waals surface area contributed by atoms with E-state index in [4.69, 9.17) is 29.2 Å². The number of aromatic amines is 2. The number of rotatable bonds is 12. The van der Waals surface area contributed by atoms with Crippen molar-refractivity contribution in [1.82, 2.24) is 49.9 Å². The van der Waals surface area contributed by atoms with Gasteiger partial charge < -0.3 is 44.6 Å². The number of fused-ring (bicyclic) bond motifs is 6. The number of carbonyl (C=O) groups is 4. The molecule has 2 aliphatic carbocycles. The molecule has 0 bridgehead atoms. The highest BCUT2D eigenvalue weighted by molar-refractivity contribution is 7.11. The van der Waals surface area contributed by atoms with Gasteiger partial charge in [-0.2, -0.15) is 0 Å². The van der Waals surface area contributed by atoms with Crippen LogP contribution in [0.4, 0.5) is 18.4 Å². The standard InChI is InChI=1S/C50H54F2N10O7S/c1-23(2)40(58-48(65)67-5)45(63)60-13-7-8-33(60)42-53-21-31(57-42)26-15-29(51)39-35-17-27-14-25(11-12-32(27)62(35)47(69-37(39)19-26)38-22-55-44(70-38)24-9-10-24)30-20-54-43(56-30)36-18-28-16-34(28)61(36)46(64)41(50(3,4)52)59-49(66)68-6/h11-12,14-15,17,19-24,28,33-34,36,40-41,47H,7-10,13,16,18H2,1-6H3,(H,53,57)(H,54,56)(H,58,65)(H,59,66)/t28-,33+,34-,36+,40+,41?,47?/m1/s1. The van der Waals surface area contributed by atoms with Gasteiger partial charge in [-0.25, -0.2) is 33.3 Å². The number of carbonyl (C=O) groups excluding carboxylic acids is 4. The summed E-state index contributed by atoms with van der Waals surface area (Å²) in [7, 11) is 2.43. The molecule has 2 aromatic carbocycles. The summed E-state index contributed by atoms with van der Waals surface area (Å²) in [6.07, 6.45) is 8.03. The van der Waals surface area contributed by atoms with Crippen LogP contribution in [0.2, 0.25) is 0 Å². The van der Waals surface area contributed by atoms with E-state index in [-0.39, 0.29) is 29.8 Å². The zero-order valence-electron chi connectivity index (χ0n) is 39.5. The number of benzene rings is 2. The Hall–Kier alpha value is -6.83. The van der Waals surface area contributed by atoms with Crippen molar-refractivity contribution in [1.29, 1.82) is 0 Å². The van der Waals surface area contributed by atoms with Crippen molar-refractivity contribution in [2.75, 3.05) is 20.8 Å². The van der Waals surface area contributed by atoms with Crippen LogP contribution in [0.25, 0.3) is 44.7 Å². The van der Waals surface area contributed by atoms with Crippen LogP contribution in [0.5, 0.6) is 5.75 Å². The fourth-order valence-corrected chi connectivity index (χ4v) is 11.7. The lowest BCUT2D eigenvalue weighted by Crippen LogP contribution is -2.57. The summed E-state index contributed by atoms with van der Waals surface area (Å²) in [4.78, 5) is 77.5. The number of aromatic nitrogens is 6. The van der Waals surface area contributed by atoms with Crippen molar-refractivity contribution >= 4 is 46.2 Å². The monoisotopic (exact) mass is 976 g/mol. The van der Waals surface area contributed by atoms with Gasteiger partial charge in [0.25, 0.3) is 0 Å². The molecule has 7 atom stereocenters. The van der Waals surface area contributed by atoms with Gasteiger partial charge in [0.05, 0.1) is 76.7 Å². The van der Waals surface area contributed by atoms with Gasteiger partial charge in [-0.1, -0.05) is 19.9 Å². The van der Waals surface area contributed by atoms with E-state index in [1.54, 1.807) is 33.5 Å². The summed E-state index contributed by atoms with van der Waals surface area (Å²) in [6, 6.07) is 8.08. The summed E-state index contributed by atoms with van der Waals surface area (Å²) in [5.74, 6) is 0.715. The number of hydrogen-bond donors (Lipinski definition) is 4. The molecule has 4 N–H and O–H groups in total. The molecule has 2 unspecified atom stereocenters. The molecule has 4 amide bonds. The van der Waals surface area contributed by atoms with E-state index in [1.165, 1.54) is 34.1 Å². The Bertz CT molecular complexity index is 3060. The summed E-state index contributed by atoms with van der Waals surface area (Å²) in [5, 5.41) is 6.97. The van der Waals surface area contributed by atoms with Gasteiger partial charge in [0.1, 0.15) is 41.0 Å². The summed E-state index contributed by atoms with van der Waals surface area (Å²) in [5.41, 5.74) is 2.28. The minimum atomic E-state index is -2.06. The Kier molecular flexibility index (Phi) is 11.2. The first kappa shape index (κ1) is 45.6. The maximum Gasteiger partial charge on any atom is 0.407 e. The first-order valence-electron chi connectivity index (χ1n) is 23.8. The molecular formula is C50H54F2N10O7S. The summed E-state index contributed by atoms with van der Waals surface area (Å²) in [6.45, 7) is 6.74. The fourth-order valence-electron chi connectivity index (χ4n) is 10.6. The van der Waals surface area contributed by atoms with Gasteiger partial charge in [-0.05, 0) is 94.5 Å². The lowest BCUT2D eigenvalue weighted by Gasteiger charge is -2.34. The predicted molar refractivity (Wildman–Crippen MR) is 254 cm³/mol. The molecule has 17 nitrogen and oxygen atoms in total. The number of H-pyrrole nitrogens is 2. The number of alkyl halides is 1. The SMILES string of the molecule is COC(=O)NC(C(=O)N1[C@@H]2C[C@@H]2C[C@H]1c1ncc(-c2ccc3c(c2)cc2n3C(c3cnc(C4CC4)s3)Oc3cc(-c4cnc([C@@H]5CCCN5C(=O)[C@@H](NC(=O)OC)C(C)C)[nH]4)cc(F)c3-2)[nH]1)C(C)(C)F. The Labute approximate surface area is 405 Å². The number of amides is 4. The number of imidazole rings is 2. The molecule has 3 aliphatic heterocycles. The highest BCUT2D eigenvalue weighted by atomic mass is 32.1. The van der Waals surface area contributed by atoms with E-state index < -0.39 is 53.9 Å². The molecule has 0 radical (unpaired) electrons. The van der Waals surface area contributed by atoms with Crippen molar-refractivity contribution < 1.29 is 42.2 Å². The lowest BCUT2D eigenvalue weighted by atomic mass is 9.98. The van der Waals surface area contributed by atoms with Crippen molar-refractivity contribution in [3.05, 3.63) is 82.3 Å². The quantitative estimate of drug-likeness (QED) is 0.0919. The van der Waals surface area contributed by atoms with Gasteiger partial charge in [0.2, 0.25) is 18.0 Å². The molecule has 7 heterocycles. The van der Waals surface area contributed by atoms with Crippen LogP contribution in [-0.4, -0.2) is 108 Å². The molecule has 0 spiro atoms. The Morgan fingerprint density at radius 1 is 0.871 bits per heavy atom. The van der Waals surface area contributed by atoms with Crippen LogP contribution < -0.4 is 15.4 Å². The average molecular weight is 977 g/mol. The number of likely N-dealkylation sites (tertiary alicyclic amines) is 2. The third-order valence-electron chi connectivity index (χ3n) is 14.4. The van der Waals surface area contributed by atoms with E-state index >= 15 is 8.78 Å². The number of nitrogens with zero attached hydrogens (tertiary/aromatic N) is 6. The van der Waals surface area contributed by atoms with Crippen molar-refractivity contribution in [2.45, 2.75) is 114 Å².